The molecule has 4 nitrogen and oxygen atoms in total. The van der Waals surface area contributed by atoms with Crippen molar-refractivity contribution in [2.45, 2.75) is 6.42 Å². The van der Waals surface area contributed by atoms with Crippen molar-refractivity contribution < 1.29 is 4.42 Å². The number of nitrogens with zero attached hydrogens (tertiary/aromatic N) is 3. The Morgan fingerprint density at radius 3 is 1.94 bits per heavy atom. The topological polar surface area (TPSA) is 33.7 Å². The normalized spacial score (nSPS) is 13.6. The van der Waals surface area contributed by atoms with E-state index in [0.717, 1.165) is 57.0 Å². The van der Waals surface area contributed by atoms with Crippen molar-refractivity contribution in [2.75, 3.05) is 4.90 Å². The number of fused-ring (bicyclic) bond motifs is 2. The zero-order valence-electron chi connectivity index (χ0n) is 27.4. The minimum atomic E-state index is 0.825. The Kier molecular flexibility index (Phi) is 7.52. The number of pyridine rings is 1. The SMILES string of the molecule is C1=CC(c2cc3ccccc3o2)=C/C(=C/N(c2ccc(-c3ccc(-c4ccccc4)cc3)cc2)c2ccc(-c3cn4ccccc4n3)cc2)C1. The molecule has 8 aromatic rings. The quantitative estimate of drug-likeness (QED) is 0.173. The van der Waals surface area contributed by atoms with Crippen LogP contribution < -0.4 is 4.90 Å². The van der Waals surface area contributed by atoms with E-state index in [-0.39, 0.29) is 0 Å². The van der Waals surface area contributed by atoms with Gasteiger partial charge in [-0.25, -0.2) is 4.98 Å². The summed E-state index contributed by atoms with van der Waals surface area (Å²) < 4.78 is 8.28. The van der Waals surface area contributed by atoms with Crippen LogP contribution in [0.15, 0.2) is 198 Å². The maximum absolute atomic E-state index is 6.23. The fraction of sp³-hybridized carbons (Fsp3) is 0.0217. The van der Waals surface area contributed by atoms with Gasteiger partial charge in [0.2, 0.25) is 0 Å². The molecule has 3 heterocycles. The Labute approximate surface area is 291 Å². The molecule has 0 atom stereocenters. The van der Waals surface area contributed by atoms with Crippen LogP contribution in [-0.4, -0.2) is 9.38 Å². The van der Waals surface area contributed by atoms with Crippen molar-refractivity contribution >= 4 is 33.6 Å². The van der Waals surface area contributed by atoms with Crippen molar-refractivity contribution in [1.82, 2.24) is 9.38 Å². The predicted octanol–water partition coefficient (Wildman–Crippen LogP) is 12.1. The molecule has 0 aliphatic heterocycles. The Balaban J connectivity index is 1.06. The Morgan fingerprint density at radius 1 is 0.620 bits per heavy atom. The minimum Gasteiger partial charge on any atom is -0.456 e. The summed E-state index contributed by atoms with van der Waals surface area (Å²) in [5.74, 6) is 0.874. The Morgan fingerprint density at radius 2 is 1.24 bits per heavy atom. The van der Waals surface area contributed by atoms with E-state index in [4.69, 9.17) is 9.40 Å². The highest BCUT2D eigenvalue weighted by Gasteiger charge is 2.14. The van der Waals surface area contributed by atoms with Gasteiger partial charge >= 0.3 is 0 Å². The number of allylic oxidation sites excluding steroid dienone is 5. The molecule has 0 spiro atoms. The second-order valence-corrected chi connectivity index (χ2v) is 12.6. The molecule has 0 fully saturated rings. The highest BCUT2D eigenvalue weighted by atomic mass is 16.3. The van der Waals surface area contributed by atoms with E-state index >= 15 is 0 Å². The first-order valence-electron chi connectivity index (χ1n) is 16.9. The van der Waals surface area contributed by atoms with Crippen LogP contribution in [0.3, 0.4) is 0 Å². The number of imidazole rings is 1. The monoisotopic (exact) mass is 643 g/mol. The molecule has 0 radical (unpaired) electrons. The molecule has 9 rings (SSSR count). The molecule has 1 aliphatic carbocycles. The molecule has 238 valence electrons. The molecular formula is C46H33N3O. The van der Waals surface area contributed by atoms with Gasteiger partial charge in [-0.1, -0.05) is 115 Å². The van der Waals surface area contributed by atoms with Gasteiger partial charge in [0.05, 0.1) is 5.69 Å². The van der Waals surface area contributed by atoms with Crippen molar-refractivity contribution in [3.63, 3.8) is 0 Å². The van der Waals surface area contributed by atoms with Crippen molar-refractivity contribution in [2.24, 2.45) is 0 Å². The summed E-state index contributed by atoms with van der Waals surface area (Å²) in [4.78, 5) is 7.11. The fourth-order valence-corrected chi connectivity index (χ4v) is 6.63. The lowest BCUT2D eigenvalue weighted by Gasteiger charge is -2.23. The lowest BCUT2D eigenvalue weighted by atomic mass is 9.99. The van der Waals surface area contributed by atoms with Crippen LogP contribution in [0.4, 0.5) is 11.4 Å². The molecule has 3 aromatic heterocycles. The molecule has 0 unspecified atom stereocenters. The molecule has 0 N–H and O–H groups in total. The molecule has 50 heavy (non-hydrogen) atoms. The van der Waals surface area contributed by atoms with Crippen LogP contribution in [0, 0.1) is 0 Å². The molecule has 0 bridgehead atoms. The number of para-hydroxylation sites is 1. The van der Waals surface area contributed by atoms with E-state index < -0.39 is 0 Å². The molecular weight excluding hydrogens is 611 g/mol. The van der Waals surface area contributed by atoms with E-state index in [2.05, 4.69) is 155 Å². The number of hydrogen-bond donors (Lipinski definition) is 0. The highest BCUT2D eigenvalue weighted by molar-refractivity contribution is 5.85. The molecule has 5 aromatic carbocycles. The summed E-state index contributed by atoms with van der Waals surface area (Å²) in [6.45, 7) is 0. The van der Waals surface area contributed by atoms with Crippen molar-refractivity contribution in [3.8, 4) is 33.5 Å². The van der Waals surface area contributed by atoms with Gasteiger partial charge in [-0.15, -0.1) is 0 Å². The Hall–Kier alpha value is -6.65. The van der Waals surface area contributed by atoms with Crippen LogP contribution in [0.5, 0.6) is 0 Å². The number of aromatic nitrogens is 2. The van der Waals surface area contributed by atoms with Gasteiger partial charge in [0.25, 0.3) is 0 Å². The third-order valence-electron chi connectivity index (χ3n) is 9.27. The summed E-state index contributed by atoms with van der Waals surface area (Å²) in [6.07, 6.45) is 13.8. The van der Waals surface area contributed by atoms with Crippen LogP contribution in [0.1, 0.15) is 12.2 Å². The second kappa shape index (κ2) is 12.8. The summed E-state index contributed by atoms with van der Waals surface area (Å²) in [5.41, 5.74) is 13.1. The van der Waals surface area contributed by atoms with Crippen LogP contribution in [0.25, 0.3) is 55.7 Å². The second-order valence-electron chi connectivity index (χ2n) is 12.6. The van der Waals surface area contributed by atoms with Gasteiger partial charge in [-0.05, 0) is 88.9 Å². The van der Waals surface area contributed by atoms with Gasteiger partial charge in [-0.2, -0.15) is 0 Å². The van der Waals surface area contributed by atoms with E-state index in [1.807, 2.05) is 42.6 Å². The van der Waals surface area contributed by atoms with E-state index in [1.165, 1.54) is 27.8 Å². The zero-order chi connectivity index (χ0) is 33.3. The summed E-state index contributed by atoms with van der Waals surface area (Å²) >= 11 is 0. The van der Waals surface area contributed by atoms with Crippen LogP contribution in [-0.2, 0) is 0 Å². The first kappa shape index (κ1) is 29.5. The minimum absolute atomic E-state index is 0.825. The maximum atomic E-state index is 6.23. The summed E-state index contributed by atoms with van der Waals surface area (Å²) in [5, 5.41) is 1.11. The lowest BCUT2D eigenvalue weighted by Crippen LogP contribution is -2.10. The first-order chi connectivity index (χ1) is 24.7. The lowest BCUT2D eigenvalue weighted by molar-refractivity contribution is 0.601. The van der Waals surface area contributed by atoms with Crippen LogP contribution >= 0.6 is 0 Å². The number of rotatable bonds is 7. The molecule has 0 saturated heterocycles. The molecule has 0 saturated carbocycles. The number of furan rings is 1. The molecule has 4 heteroatoms. The number of anilines is 2. The van der Waals surface area contributed by atoms with Gasteiger partial charge in [0, 0.05) is 46.5 Å². The standard InChI is InChI=1S/C46H33N3O/c1-2-10-34(11-3-1)35-16-18-36(19-17-35)37-20-24-41(25-21-37)49(42-26-22-38(23-27-42)43-32-48-28-7-6-15-46(48)47-43)31-33-9-8-13-39(29-33)45-30-40-12-4-5-14-44(40)50-45/h1-8,10-32H,9H2/b33-31+. The largest absolute Gasteiger partial charge is 0.456 e. The number of benzene rings is 5. The third kappa shape index (κ3) is 5.84. The number of hydrogen-bond acceptors (Lipinski definition) is 3. The Bertz CT molecular complexity index is 2470. The summed E-state index contributed by atoms with van der Waals surface area (Å²) in [7, 11) is 0. The van der Waals surface area contributed by atoms with E-state index in [1.54, 1.807) is 0 Å². The van der Waals surface area contributed by atoms with Gasteiger partial charge < -0.3 is 13.7 Å². The maximum Gasteiger partial charge on any atom is 0.137 e. The van der Waals surface area contributed by atoms with E-state index in [0.29, 0.717) is 0 Å². The predicted molar refractivity (Wildman–Crippen MR) is 206 cm³/mol. The molecule has 0 amide bonds. The average Bonchev–Trinajstić information content (AvgIpc) is 3.83. The van der Waals surface area contributed by atoms with Gasteiger partial charge in [0.1, 0.15) is 17.0 Å². The van der Waals surface area contributed by atoms with Gasteiger partial charge in [0.15, 0.2) is 0 Å². The molecule has 1 aliphatic rings. The third-order valence-corrected chi connectivity index (χ3v) is 9.27. The first-order valence-corrected chi connectivity index (χ1v) is 16.9. The van der Waals surface area contributed by atoms with Crippen LogP contribution in [0.2, 0.25) is 0 Å². The van der Waals surface area contributed by atoms with Gasteiger partial charge in [-0.3, -0.25) is 0 Å². The van der Waals surface area contributed by atoms with Crippen molar-refractivity contribution in [1.29, 1.82) is 0 Å². The smallest absolute Gasteiger partial charge is 0.137 e. The fourth-order valence-electron chi connectivity index (χ4n) is 6.63. The summed E-state index contributed by atoms with van der Waals surface area (Å²) in [6, 6.07) is 53.1. The highest BCUT2D eigenvalue weighted by Crippen LogP contribution is 2.35. The van der Waals surface area contributed by atoms with E-state index in [9.17, 15) is 0 Å². The zero-order valence-corrected chi connectivity index (χ0v) is 27.4. The average molecular weight is 644 g/mol. The van der Waals surface area contributed by atoms with Crippen molar-refractivity contribution in [3.05, 3.63) is 200 Å².